The van der Waals surface area contributed by atoms with Crippen molar-refractivity contribution >= 4 is 34.4 Å². The molecule has 4 heteroatoms. The predicted molar refractivity (Wildman–Crippen MR) is 91.7 cm³/mol. The van der Waals surface area contributed by atoms with Gasteiger partial charge in [-0.3, -0.25) is 0 Å². The van der Waals surface area contributed by atoms with E-state index in [2.05, 4.69) is 34.5 Å². The Kier molecular flexibility index (Phi) is 4.20. The molecule has 0 bridgehead atoms. The quantitative estimate of drug-likeness (QED) is 0.810. The van der Waals surface area contributed by atoms with Gasteiger partial charge in [-0.2, -0.15) is 0 Å². The van der Waals surface area contributed by atoms with E-state index in [1.807, 2.05) is 12.1 Å². The summed E-state index contributed by atoms with van der Waals surface area (Å²) in [5.41, 5.74) is 9.71. The van der Waals surface area contributed by atoms with Crippen molar-refractivity contribution in [1.82, 2.24) is 0 Å². The molecular weight excluding hydrogens is 282 g/mol. The molecule has 2 aromatic carbocycles. The van der Waals surface area contributed by atoms with E-state index in [0.717, 1.165) is 24.5 Å². The Bertz CT molecular complexity index is 604. The number of hydrogen-bond donors (Lipinski definition) is 2. The second kappa shape index (κ2) is 6.27. The maximum Gasteiger partial charge on any atom is 0.0742 e. The van der Waals surface area contributed by atoms with E-state index < -0.39 is 0 Å². The molecule has 2 aromatic rings. The summed E-state index contributed by atoms with van der Waals surface area (Å²) < 4.78 is 0. The van der Waals surface area contributed by atoms with E-state index in [-0.39, 0.29) is 0 Å². The molecule has 3 N–H and O–H groups in total. The van der Waals surface area contributed by atoms with Crippen LogP contribution in [0.15, 0.2) is 42.5 Å². The van der Waals surface area contributed by atoms with Crippen LogP contribution in [0.3, 0.4) is 0 Å². The summed E-state index contributed by atoms with van der Waals surface area (Å²) in [6, 6.07) is 14.1. The Morgan fingerprint density at radius 2 is 1.67 bits per heavy atom. The number of nitrogens with zero attached hydrogens (tertiary/aromatic N) is 1. The molecule has 1 aliphatic heterocycles. The Labute approximate surface area is 130 Å². The fraction of sp³-hybridized carbons (Fsp3) is 0.294. The predicted octanol–water partition coefficient (Wildman–Crippen LogP) is 4.66. The molecule has 0 radical (unpaired) electrons. The number of nitrogens with two attached hydrogens (primary N) is 1. The van der Waals surface area contributed by atoms with Crippen molar-refractivity contribution in [3.8, 4) is 0 Å². The average molecular weight is 302 g/mol. The number of nitrogen functional groups attached to an aromatic ring is 1. The third-order valence-corrected chi connectivity index (χ3v) is 4.25. The first-order valence-corrected chi connectivity index (χ1v) is 7.78. The highest BCUT2D eigenvalue weighted by molar-refractivity contribution is 6.33. The van der Waals surface area contributed by atoms with E-state index in [1.54, 1.807) is 6.07 Å². The molecule has 0 atom stereocenters. The standard InChI is InChI=1S/C17H20ClN3/c18-15-5-4-6-16(17(15)19)20-13-7-9-14(10-8-13)21-11-2-1-3-12-21/h4-10,20H,1-3,11-12,19H2. The molecule has 0 unspecified atom stereocenters. The second-order valence-electron chi connectivity index (χ2n) is 5.42. The van der Waals surface area contributed by atoms with Crippen molar-refractivity contribution in [1.29, 1.82) is 0 Å². The van der Waals surface area contributed by atoms with Crippen LogP contribution in [0.25, 0.3) is 0 Å². The summed E-state index contributed by atoms with van der Waals surface area (Å²) in [5.74, 6) is 0. The minimum absolute atomic E-state index is 0.574. The van der Waals surface area contributed by atoms with Gasteiger partial charge in [-0.1, -0.05) is 17.7 Å². The first-order valence-electron chi connectivity index (χ1n) is 7.40. The first-order chi connectivity index (χ1) is 10.2. The molecular formula is C17H20ClN3. The van der Waals surface area contributed by atoms with Crippen LogP contribution in [-0.2, 0) is 0 Å². The molecule has 0 aromatic heterocycles. The lowest BCUT2D eigenvalue weighted by Gasteiger charge is -2.28. The summed E-state index contributed by atoms with van der Waals surface area (Å²) in [7, 11) is 0. The van der Waals surface area contributed by atoms with Crippen LogP contribution in [-0.4, -0.2) is 13.1 Å². The van der Waals surface area contributed by atoms with Gasteiger partial charge in [0.25, 0.3) is 0 Å². The lowest BCUT2D eigenvalue weighted by Crippen LogP contribution is -2.29. The molecule has 1 saturated heterocycles. The fourth-order valence-electron chi connectivity index (χ4n) is 2.71. The van der Waals surface area contributed by atoms with Gasteiger partial charge < -0.3 is 16.0 Å². The van der Waals surface area contributed by atoms with Crippen LogP contribution in [0.4, 0.5) is 22.7 Å². The molecule has 3 rings (SSSR count). The third-order valence-electron chi connectivity index (χ3n) is 3.92. The monoisotopic (exact) mass is 301 g/mol. The van der Waals surface area contributed by atoms with Crippen LogP contribution in [0.1, 0.15) is 19.3 Å². The van der Waals surface area contributed by atoms with Crippen molar-refractivity contribution in [3.05, 3.63) is 47.5 Å². The van der Waals surface area contributed by atoms with Gasteiger partial charge >= 0.3 is 0 Å². The zero-order valence-corrected chi connectivity index (χ0v) is 12.7. The Morgan fingerprint density at radius 3 is 2.38 bits per heavy atom. The molecule has 3 nitrogen and oxygen atoms in total. The molecule has 21 heavy (non-hydrogen) atoms. The van der Waals surface area contributed by atoms with E-state index in [9.17, 15) is 0 Å². The van der Waals surface area contributed by atoms with Gasteiger partial charge in [-0.25, -0.2) is 0 Å². The number of anilines is 4. The number of nitrogens with one attached hydrogen (secondary N) is 1. The first kappa shape index (κ1) is 14.1. The zero-order chi connectivity index (χ0) is 14.7. The zero-order valence-electron chi connectivity index (χ0n) is 12.0. The van der Waals surface area contributed by atoms with Crippen molar-refractivity contribution in [2.45, 2.75) is 19.3 Å². The lowest BCUT2D eigenvalue weighted by molar-refractivity contribution is 0.578. The normalized spacial score (nSPS) is 15.0. The van der Waals surface area contributed by atoms with Gasteiger partial charge in [0.1, 0.15) is 0 Å². The average Bonchev–Trinajstić information content (AvgIpc) is 2.53. The van der Waals surface area contributed by atoms with E-state index >= 15 is 0 Å². The highest BCUT2D eigenvalue weighted by atomic mass is 35.5. The summed E-state index contributed by atoms with van der Waals surface area (Å²) in [6.07, 6.45) is 3.93. The lowest BCUT2D eigenvalue weighted by atomic mass is 10.1. The summed E-state index contributed by atoms with van der Waals surface area (Å²) in [4.78, 5) is 2.45. The van der Waals surface area contributed by atoms with Crippen molar-refractivity contribution in [2.24, 2.45) is 0 Å². The number of hydrogen-bond acceptors (Lipinski definition) is 3. The van der Waals surface area contributed by atoms with Crippen molar-refractivity contribution < 1.29 is 0 Å². The molecule has 0 spiro atoms. The Morgan fingerprint density at radius 1 is 0.952 bits per heavy atom. The molecule has 0 saturated carbocycles. The summed E-state index contributed by atoms with van der Waals surface area (Å²) in [6.45, 7) is 2.32. The second-order valence-corrected chi connectivity index (χ2v) is 5.83. The molecule has 0 amide bonds. The van der Waals surface area contributed by atoms with Crippen LogP contribution < -0.4 is 16.0 Å². The number of rotatable bonds is 3. The molecule has 1 heterocycles. The molecule has 110 valence electrons. The highest BCUT2D eigenvalue weighted by Crippen LogP contribution is 2.30. The number of para-hydroxylation sites is 1. The largest absolute Gasteiger partial charge is 0.396 e. The minimum Gasteiger partial charge on any atom is -0.396 e. The van der Waals surface area contributed by atoms with E-state index in [1.165, 1.54) is 24.9 Å². The maximum atomic E-state index is 6.04. The van der Waals surface area contributed by atoms with Crippen molar-refractivity contribution in [3.63, 3.8) is 0 Å². The van der Waals surface area contributed by atoms with Gasteiger partial charge in [0.2, 0.25) is 0 Å². The van der Waals surface area contributed by atoms with Crippen LogP contribution in [0, 0.1) is 0 Å². The SMILES string of the molecule is Nc1c(Cl)cccc1Nc1ccc(N2CCCCC2)cc1. The highest BCUT2D eigenvalue weighted by Gasteiger charge is 2.10. The fourth-order valence-corrected chi connectivity index (χ4v) is 2.88. The molecule has 0 aliphatic carbocycles. The molecule has 1 fully saturated rings. The van der Waals surface area contributed by atoms with Crippen molar-refractivity contribution in [2.75, 3.05) is 29.0 Å². The Hall–Kier alpha value is -1.87. The van der Waals surface area contributed by atoms with Crippen LogP contribution in [0.2, 0.25) is 5.02 Å². The van der Waals surface area contributed by atoms with E-state index in [0.29, 0.717) is 10.7 Å². The number of piperidine rings is 1. The minimum atomic E-state index is 0.574. The molecule has 1 aliphatic rings. The number of benzene rings is 2. The van der Waals surface area contributed by atoms with Crippen LogP contribution >= 0.6 is 11.6 Å². The van der Waals surface area contributed by atoms with E-state index in [4.69, 9.17) is 17.3 Å². The Balaban J connectivity index is 1.73. The smallest absolute Gasteiger partial charge is 0.0742 e. The van der Waals surface area contributed by atoms with Gasteiger partial charge in [-0.15, -0.1) is 0 Å². The number of halogens is 1. The summed E-state index contributed by atoms with van der Waals surface area (Å²) in [5, 5.41) is 3.89. The van der Waals surface area contributed by atoms with Gasteiger partial charge in [-0.05, 0) is 55.7 Å². The third kappa shape index (κ3) is 3.24. The van der Waals surface area contributed by atoms with Gasteiger partial charge in [0.15, 0.2) is 0 Å². The summed E-state index contributed by atoms with van der Waals surface area (Å²) >= 11 is 6.04. The van der Waals surface area contributed by atoms with Gasteiger partial charge in [0.05, 0.1) is 16.4 Å². The maximum absolute atomic E-state index is 6.04. The van der Waals surface area contributed by atoms with Crippen LogP contribution in [0.5, 0.6) is 0 Å². The topological polar surface area (TPSA) is 41.3 Å². The van der Waals surface area contributed by atoms with Gasteiger partial charge in [0, 0.05) is 24.5 Å².